The molecule has 2 aromatic carbocycles. The van der Waals surface area contributed by atoms with E-state index in [9.17, 15) is 37.1 Å². The number of aromatic nitrogens is 1. The summed E-state index contributed by atoms with van der Waals surface area (Å²) in [5.74, 6) is -4.66. The number of benzene rings is 2. The van der Waals surface area contributed by atoms with Gasteiger partial charge in [0.2, 0.25) is 23.5 Å². The van der Waals surface area contributed by atoms with Crippen LogP contribution in [0.2, 0.25) is 0 Å². The number of carbonyl (C=O) groups excluding carboxylic acids is 5. The Bertz CT molecular complexity index is 1580. The van der Waals surface area contributed by atoms with Gasteiger partial charge in [0.05, 0.1) is 6.04 Å². The number of hydrogen-bond acceptors (Lipinski definition) is 7. The number of fused-ring (bicyclic) bond motifs is 1. The van der Waals surface area contributed by atoms with Crippen LogP contribution < -0.4 is 21.3 Å². The van der Waals surface area contributed by atoms with E-state index in [-0.39, 0.29) is 31.1 Å². The zero-order chi connectivity index (χ0) is 34.1. The Morgan fingerprint density at radius 2 is 1.77 bits per heavy atom. The van der Waals surface area contributed by atoms with E-state index < -0.39 is 59.4 Å². The molecule has 0 radical (unpaired) electrons. The first kappa shape index (κ1) is 35.1. The Labute approximate surface area is 269 Å². The third kappa shape index (κ3) is 9.63. The molecule has 4 amide bonds. The molecule has 4 N–H and O–H groups in total. The first-order valence-corrected chi connectivity index (χ1v) is 15.5. The number of alkyl halides is 3. The van der Waals surface area contributed by atoms with Gasteiger partial charge in [-0.25, -0.2) is 0 Å². The highest BCUT2D eigenvalue weighted by atomic mass is 19.4. The third-order valence-electron chi connectivity index (χ3n) is 8.00. The number of aldehydes is 1. The van der Waals surface area contributed by atoms with Crippen LogP contribution in [0.1, 0.15) is 67.8 Å². The number of nitrogens with zero attached hydrogens (tertiary/aromatic N) is 1. The van der Waals surface area contributed by atoms with Crippen molar-refractivity contribution < 1.29 is 41.7 Å². The van der Waals surface area contributed by atoms with Crippen LogP contribution in [0.15, 0.2) is 53.1 Å². The molecule has 0 spiro atoms. The molecule has 1 aliphatic heterocycles. The van der Waals surface area contributed by atoms with E-state index >= 15 is 0 Å². The predicted molar refractivity (Wildman–Crippen MR) is 165 cm³/mol. The molecule has 252 valence electrons. The van der Waals surface area contributed by atoms with Crippen molar-refractivity contribution in [1.82, 2.24) is 26.4 Å². The first-order chi connectivity index (χ1) is 22.3. The number of nitrogens with one attached hydrogen (secondary N) is 4. The maximum atomic E-state index is 13.7. The normalized spacial score (nSPS) is 17.0. The Morgan fingerprint density at radius 3 is 2.45 bits per heavy atom. The number of hydrogen-bond donors (Lipinski definition) is 4. The van der Waals surface area contributed by atoms with Crippen LogP contribution in [0.4, 0.5) is 13.2 Å². The second-order valence-electron chi connectivity index (χ2n) is 12.1. The third-order valence-corrected chi connectivity index (χ3v) is 8.00. The highest BCUT2D eigenvalue weighted by molar-refractivity contribution is 5.97. The summed E-state index contributed by atoms with van der Waals surface area (Å²) in [6.45, 7) is 4.21. The molecule has 0 unspecified atom stereocenters. The quantitative estimate of drug-likeness (QED) is 0.192. The number of rotatable bonds is 14. The minimum Gasteiger partial charge on any atom is -0.356 e. The summed E-state index contributed by atoms with van der Waals surface area (Å²) in [5.41, 5.74) is 0.199. The molecule has 1 aliphatic rings. The highest BCUT2D eigenvalue weighted by Crippen LogP contribution is 2.29. The predicted octanol–water partition coefficient (Wildman–Crippen LogP) is 3.71. The number of halogens is 3. The van der Waals surface area contributed by atoms with Gasteiger partial charge in [-0.1, -0.05) is 61.5 Å². The molecule has 3 aromatic rings. The van der Waals surface area contributed by atoms with Crippen molar-refractivity contribution in [3.05, 3.63) is 65.5 Å². The smallest absolute Gasteiger partial charge is 0.356 e. The van der Waals surface area contributed by atoms with E-state index in [0.717, 1.165) is 22.8 Å². The number of carbonyl (C=O) groups is 5. The minimum absolute atomic E-state index is 0.0271. The van der Waals surface area contributed by atoms with Crippen molar-refractivity contribution in [3.63, 3.8) is 0 Å². The molecule has 0 saturated carbocycles. The molecular formula is C33H38F3N5O6. The van der Waals surface area contributed by atoms with E-state index in [1.54, 1.807) is 0 Å². The van der Waals surface area contributed by atoms with Gasteiger partial charge in [0, 0.05) is 18.5 Å². The Kier molecular flexibility index (Phi) is 11.7. The van der Waals surface area contributed by atoms with Crippen molar-refractivity contribution in [1.29, 1.82) is 0 Å². The van der Waals surface area contributed by atoms with Crippen LogP contribution in [0, 0.1) is 11.8 Å². The Balaban J connectivity index is 1.52. The lowest BCUT2D eigenvalue weighted by Crippen LogP contribution is -2.56. The zero-order valence-corrected chi connectivity index (χ0v) is 26.1. The van der Waals surface area contributed by atoms with Gasteiger partial charge in [-0.2, -0.15) is 13.2 Å². The van der Waals surface area contributed by atoms with Crippen LogP contribution in [0.3, 0.4) is 0 Å². The second-order valence-corrected chi connectivity index (χ2v) is 12.1. The molecule has 4 atom stereocenters. The number of piperidine rings is 1. The van der Waals surface area contributed by atoms with Gasteiger partial charge in [-0.05, 0) is 60.8 Å². The SMILES string of the molecule is CC(C)C[C@H](NC(=O)[C@H](CCc1cccc2ccccc12)NC(=O)c1cc(C(F)(F)F)on1)C(=O)N[C@H](C=O)C[C@@H]1CCCNC1=O. The summed E-state index contributed by atoms with van der Waals surface area (Å²) in [5, 5.41) is 15.6. The highest BCUT2D eigenvalue weighted by Gasteiger charge is 2.37. The fourth-order valence-electron chi connectivity index (χ4n) is 5.60. The fourth-order valence-corrected chi connectivity index (χ4v) is 5.60. The number of amides is 4. The molecule has 4 rings (SSSR count). The van der Waals surface area contributed by atoms with Gasteiger partial charge in [-0.15, -0.1) is 0 Å². The Morgan fingerprint density at radius 1 is 1.04 bits per heavy atom. The lowest BCUT2D eigenvalue weighted by molar-refractivity contribution is -0.155. The van der Waals surface area contributed by atoms with Crippen molar-refractivity contribution in [2.75, 3.05) is 6.54 Å². The van der Waals surface area contributed by atoms with E-state index in [1.165, 1.54) is 0 Å². The molecule has 0 aliphatic carbocycles. The molecule has 11 nitrogen and oxygen atoms in total. The van der Waals surface area contributed by atoms with Gasteiger partial charge in [0.1, 0.15) is 18.4 Å². The van der Waals surface area contributed by atoms with E-state index in [0.29, 0.717) is 31.7 Å². The largest absolute Gasteiger partial charge is 0.452 e. The average molecular weight is 658 g/mol. The zero-order valence-electron chi connectivity index (χ0n) is 26.1. The molecule has 2 heterocycles. The maximum absolute atomic E-state index is 13.7. The van der Waals surface area contributed by atoms with Gasteiger partial charge >= 0.3 is 6.18 Å². The lowest BCUT2D eigenvalue weighted by Gasteiger charge is -2.27. The van der Waals surface area contributed by atoms with Gasteiger partial charge < -0.3 is 30.6 Å². The van der Waals surface area contributed by atoms with E-state index in [4.69, 9.17) is 0 Å². The van der Waals surface area contributed by atoms with Crippen molar-refractivity contribution >= 4 is 40.7 Å². The minimum atomic E-state index is -4.87. The molecule has 0 bridgehead atoms. The topological polar surface area (TPSA) is 160 Å². The standard InChI is InChI=1S/C33H38F3N5O6/c1-19(2)15-26(31(45)38-23(18-42)16-22-10-6-14-37-29(22)43)40-30(44)25(39-32(46)27-17-28(47-41-27)33(34,35)36)13-12-21-9-5-8-20-7-3-4-11-24(20)21/h3-5,7-9,11,17-19,22-23,25-26H,6,10,12-16H2,1-2H3,(H,37,43)(H,38,45)(H,39,46)(H,40,44)/t22-,23-,25-,26-/m0/s1. The summed E-state index contributed by atoms with van der Waals surface area (Å²) in [7, 11) is 0. The average Bonchev–Trinajstić information content (AvgIpc) is 3.55. The summed E-state index contributed by atoms with van der Waals surface area (Å²) in [6, 6.07) is 10.3. The summed E-state index contributed by atoms with van der Waals surface area (Å²) < 4.78 is 43.5. The van der Waals surface area contributed by atoms with Crippen molar-refractivity contribution in [2.24, 2.45) is 11.8 Å². The number of aryl methyl sites for hydroxylation is 1. The van der Waals surface area contributed by atoms with E-state index in [2.05, 4.69) is 30.9 Å². The van der Waals surface area contributed by atoms with Gasteiger partial charge in [-0.3, -0.25) is 19.2 Å². The van der Waals surface area contributed by atoms with Crippen molar-refractivity contribution in [3.8, 4) is 0 Å². The van der Waals surface area contributed by atoms with Crippen LogP contribution >= 0.6 is 0 Å². The molecule has 1 aromatic heterocycles. The fraction of sp³-hybridized carbons (Fsp3) is 0.455. The molecule has 14 heteroatoms. The molecule has 47 heavy (non-hydrogen) atoms. The van der Waals surface area contributed by atoms with Crippen LogP contribution in [-0.4, -0.2) is 59.7 Å². The summed E-state index contributed by atoms with van der Waals surface area (Å²) in [6.07, 6.45) is -2.39. The first-order valence-electron chi connectivity index (χ1n) is 15.5. The molecule has 1 fully saturated rings. The Hall–Kier alpha value is -4.75. The van der Waals surface area contributed by atoms with Crippen molar-refractivity contribution in [2.45, 2.75) is 76.7 Å². The summed E-state index contributed by atoms with van der Waals surface area (Å²) in [4.78, 5) is 64.2. The lowest BCUT2D eigenvalue weighted by atomic mass is 9.91. The monoisotopic (exact) mass is 657 g/mol. The van der Waals surface area contributed by atoms with Crippen LogP contribution in [0.25, 0.3) is 10.8 Å². The maximum Gasteiger partial charge on any atom is 0.452 e. The molecule has 1 saturated heterocycles. The van der Waals surface area contributed by atoms with E-state index in [1.807, 2.05) is 56.3 Å². The second kappa shape index (κ2) is 15.7. The van der Waals surface area contributed by atoms with Gasteiger partial charge in [0.25, 0.3) is 5.91 Å². The molecular weight excluding hydrogens is 619 g/mol. The van der Waals surface area contributed by atoms with Gasteiger partial charge in [0.15, 0.2) is 5.69 Å². The van der Waals surface area contributed by atoms with Crippen LogP contribution in [0.5, 0.6) is 0 Å². The van der Waals surface area contributed by atoms with Crippen LogP contribution in [-0.2, 0) is 31.8 Å². The summed E-state index contributed by atoms with van der Waals surface area (Å²) >= 11 is 0.